The van der Waals surface area contributed by atoms with Crippen molar-refractivity contribution < 1.29 is 4.79 Å². The van der Waals surface area contributed by atoms with E-state index in [2.05, 4.69) is 20.9 Å². The normalized spacial score (nSPS) is 10.2. The second-order valence-corrected chi connectivity index (χ2v) is 4.73. The number of benzene rings is 1. The van der Waals surface area contributed by atoms with Gasteiger partial charge in [0.1, 0.15) is 5.69 Å². The molecule has 0 saturated carbocycles. The molecule has 0 N–H and O–H groups in total. The summed E-state index contributed by atoms with van der Waals surface area (Å²) in [5.41, 5.74) is 3.24. The summed E-state index contributed by atoms with van der Waals surface area (Å²) < 4.78 is 1.02. The van der Waals surface area contributed by atoms with Crippen LogP contribution in [0.25, 0.3) is 0 Å². The lowest BCUT2D eigenvalue weighted by Gasteiger charge is -1.98. The zero-order valence-corrected chi connectivity index (χ0v) is 10.2. The van der Waals surface area contributed by atoms with Crippen molar-refractivity contribution in [3.05, 3.63) is 50.9 Å². The third-order valence-corrected chi connectivity index (χ3v) is 3.11. The zero-order valence-electron chi connectivity index (χ0n) is 7.81. The molecule has 0 fully saturated rings. The van der Waals surface area contributed by atoms with E-state index in [1.54, 1.807) is 10.9 Å². The van der Waals surface area contributed by atoms with Crippen LogP contribution in [0.15, 0.2) is 39.6 Å². The molecule has 2 aromatic rings. The fourth-order valence-electron chi connectivity index (χ4n) is 1.23. The van der Waals surface area contributed by atoms with Gasteiger partial charge in [-0.2, -0.15) is 0 Å². The summed E-state index contributed by atoms with van der Waals surface area (Å²) in [6, 6.07) is 7.75. The summed E-state index contributed by atoms with van der Waals surface area (Å²) in [4.78, 5) is 15.7. The van der Waals surface area contributed by atoms with E-state index in [9.17, 15) is 4.79 Å². The number of Topliss-reactive ketones (excluding diaryl/α,β-unsaturated/α-hetero) is 1. The van der Waals surface area contributed by atoms with Crippen molar-refractivity contribution in [2.75, 3.05) is 0 Å². The highest BCUT2D eigenvalue weighted by atomic mass is 79.9. The number of aromatic nitrogens is 1. The Bertz CT molecular complexity index is 450. The van der Waals surface area contributed by atoms with Gasteiger partial charge >= 0.3 is 0 Å². The number of carbonyl (C=O) groups is 1. The van der Waals surface area contributed by atoms with Crippen LogP contribution >= 0.6 is 27.3 Å². The van der Waals surface area contributed by atoms with E-state index in [0.29, 0.717) is 12.1 Å². The second-order valence-electron chi connectivity index (χ2n) is 3.10. The Labute approximate surface area is 100 Å². The van der Waals surface area contributed by atoms with Gasteiger partial charge in [0.2, 0.25) is 0 Å². The molecule has 0 atom stereocenters. The number of rotatable bonds is 3. The fraction of sp³-hybridized carbons (Fsp3) is 0.0909. The first kappa shape index (κ1) is 10.5. The van der Waals surface area contributed by atoms with Crippen LogP contribution in [0.3, 0.4) is 0 Å². The van der Waals surface area contributed by atoms with Crippen molar-refractivity contribution in [1.82, 2.24) is 4.98 Å². The largest absolute Gasteiger partial charge is 0.292 e. The molecule has 0 aliphatic rings. The molecule has 76 valence electrons. The smallest absolute Gasteiger partial charge is 0.186 e. The van der Waals surface area contributed by atoms with Crippen LogP contribution in [0.4, 0.5) is 0 Å². The SMILES string of the molecule is O=C(Cc1ccc(Br)cc1)c1cscn1. The van der Waals surface area contributed by atoms with Crippen LogP contribution in [-0.4, -0.2) is 10.8 Å². The highest BCUT2D eigenvalue weighted by Gasteiger charge is 2.08. The predicted molar refractivity (Wildman–Crippen MR) is 64.3 cm³/mol. The zero-order chi connectivity index (χ0) is 10.7. The summed E-state index contributed by atoms with van der Waals surface area (Å²) in [6.45, 7) is 0. The second kappa shape index (κ2) is 4.68. The van der Waals surface area contributed by atoms with Crippen LogP contribution in [0.5, 0.6) is 0 Å². The van der Waals surface area contributed by atoms with Gasteiger partial charge in [0.05, 0.1) is 5.51 Å². The Morgan fingerprint density at radius 1 is 1.33 bits per heavy atom. The Morgan fingerprint density at radius 3 is 2.67 bits per heavy atom. The van der Waals surface area contributed by atoms with E-state index < -0.39 is 0 Å². The molecule has 2 rings (SSSR count). The Balaban J connectivity index is 2.09. The van der Waals surface area contributed by atoms with Gasteiger partial charge in [0, 0.05) is 16.3 Å². The fourth-order valence-corrected chi connectivity index (χ4v) is 2.05. The van der Waals surface area contributed by atoms with Gasteiger partial charge in [0.25, 0.3) is 0 Å². The van der Waals surface area contributed by atoms with Crippen LogP contribution in [-0.2, 0) is 6.42 Å². The predicted octanol–water partition coefficient (Wildman–Crippen LogP) is 3.33. The Hall–Kier alpha value is -1.00. The quantitative estimate of drug-likeness (QED) is 0.808. The average molecular weight is 282 g/mol. The van der Waals surface area contributed by atoms with Crippen LogP contribution < -0.4 is 0 Å². The number of carbonyl (C=O) groups excluding carboxylic acids is 1. The van der Waals surface area contributed by atoms with Crippen molar-refractivity contribution >= 4 is 33.0 Å². The molecule has 0 aliphatic carbocycles. The molecule has 0 saturated heterocycles. The molecule has 0 amide bonds. The first-order valence-electron chi connectivity index (χ1n) is 4.41. The minimum absolute atomic E-state index is 0.0681. The standard InChI is InChI=1S/C11H8BrNOS/c12-9-3-1-8(2-4-9)5-11(14)10-6-15-7-13-10/h1-4,6-7H,5H2. The van der Waals surface area contributed by atoms with Gasteiger partial charge in [-0.05, 0) is 17.7 Å². The molecule has 1 heterocycles. The number of thiazole rings is 1. The molecule has 0 bridgehead atoms. The van der Waals surface area contributed by atoms with E-state index in [1.807, 2.05) is 24.3 Å². The maximum Gasteiger partial charge on any atom is 0.186 e. The lowest BCUT2D eigenvalue weighted by Crippen LogP contribution is -2.03. The van der Waals surface area contributed by atoms with E-state index >= 15 is 0 Å². The molecule has 0 aliphatic heterocycles. The minimum atomic E-state index is 0.0681. The summed E-state index contributed by atoms with van der Waals surface area (Å²) in [6.07, 6.45) is 0.414. The third-order valence-electron chi connectivity index (χ3n) is 2.00. The van der Waals surface area contributed by atoms with Crippen molar-refractivity contribution in [3.63, 3.8) is 0 Å². The first-order valence-corrected chi connectivity index (χ1v) is 6.15. The maximum absolute atomic E-state index is 11.7. The minimum Gasteiger partial charge on any atom is -0.292 e. The van der Waals surface area contributed by atoms with Gasteiger partial charge in [-0.15, -0.1) is 11.3 Å². The van der Waals surface area contributed by atoms with E-state index in [0.717, 1.165) is 10.0 Å². The molecular weight excluding hydrogens is 274 g/mol. The molecular formula is C11H8BrNOS. The first-order chi connectivity index (χ1) is 7.25. The summed E-state index contributed by atoms with van der Waals surface area (Å²) >= 11 is 4.80. The monoisotopic (exact) mass is 281 g/mol. The molecule has 0 spiro atoms. The summed E-state index contributed by atoms with van der Waals surface area (Å²) in [5, 5.41) is 1.78. The van der Waals surface area contributed by atoms with Gasteiger partial charge in [-0.1, -0.05) is 28.1 Å². The highest BCUT2D eigenvalue weighted by Crippen LogP contribution is 2.12. The molecule has 4 heteroatoms. The Kier molecular flexibility index (Phi) is 3.28. The number of nitrogens with zero attached hydrogens (tertiary/aromatic N) is 1. The number of halogens is 1. The van der Waals surface area contributed by atoms with Crippen LogP contribution in [0, 0.1) is 0 Å². The van der Waals surface area contributed by atoms with Gasteiger partial charge in [-0.25, -0.2) is 4.98 Å². The maximum atomic E-state index is 11.7. The molecule has 1 aromatic heterocycles. The summed E-state index contributed by atoms with van der Waals surface area (Å²) in [7, 11) is 0. The average Bonchev–Trinajstić information content (AvgIpc) is 2.74. The molecule has 2 nitrogen and oxygen atoms in total. The van der Waals surface area contributed by atoms with Crippen LogP contribution in [0.1, 0.15) is 16.1 Å². The molecule has 0 radical (unpaired) electrons. The topological polar surface area (TPSA) is 30.0 Å². The number of ketones is 1. The Morgan fingerprint density at radius 2 is 2.07 bits per heavy atom. The molecule has 15 heavy (non-hydrogen) atoms. The third kappa shape index (κ3) is 2.73. The van der Waals surface area contributed by atoms with Crippen molar-refractivity contribution in [2.24, 2.45) is 0 Å². The lowest BCUT2D eigenvalue weighted by atomic mass is 10.1. The lowest BCUT2D eigenvalue weighted by molar-refractivity contribution is 0.0989. The van der Waals surface area contributed by atoms with Gasteiger partial charge in [-0.3, -0.25) is 4.79 Å². The highest BCUT2D eigenvalue weighted by molar-refractivity contribution is 9.10. The summed E-state index contributed by atoms with van der Waals surface area (Å²) in [5.74, 6) is 0.0681. The molecule has 0 unspecified atom stereocenters. The van der Waals surface area contributed by atoms with Crippen molar-refractivity contribution in [1.29, 1.82) is 0 Å². The van der Waals surface area contributed by atoms with Gasteiger partial charge in [0.15, 0.2) is 5.78 Å². The number of hydrogen-bond donors (Lipinski definition) is 0. The van der Waals surface area contributed by atoms with E-state index in [-0.39, 0.29) is 5.78 Å². The van der Waals surface area contributed by atoms with Crippen molar-refractivity contribution in [2.45, 2.75) is 6.42 Å². The molecule has 1 aromatic carbocycles. The van der Waals surface area contributed by atoms with Crippen molar-refractivity contribution in [3.8, 4) is 0 Å². The van der Waals surface area contributed by atoms with Gasteiger partial charge < -0.3 is 0 Å². The number of hydrogen-bond acceptors (Lipinski definition) is 3. The van der Waals surface area contributed by atoms with E-state index in [4.69, 9.17) is 0 Å². The van der Waals surface area contributed by atoms with E-state index in [1.165, 1.54) is 11.3 Å². The van der Waals surface area contributed by atoms with Crippen LogP contribution in [0.2, 0.25) is 0 Å².